The summed E-state index contributed by atoms with van der Waals surface area (Å²) in [6.07, 6.45) is 0.302. The van der Waals surface area contributed by atoms with Crippen molar-refractivity contribution in [3.63, 3.8) is 0 Å². The summed E-state index contributed by atoms with van der Waals surface area (Å²) in [4.78, 5) is 13.8. The van der Waals surface area contributed by atoms with Crippen molar-refractivity contribution in [2.75, 3.05) is 13.1 Å². The zero-order valence-electron chi connectivity index (χ0n) is 12.1. The second-order valence-corrected chi connectivity index (χ2v) is 5.59. The van der Waals surface area contributed by atoms with Crippen molar-refractivity contribution in [2.24, 2.45) is 0 Å². The molecule has 0 bridgehead atoms. The van der Waals surface area contributed by atoms with Crippen LogP contribution in [0.1, 0.15) is 33.8 Å². The molecule has 2 heterocycles. The molecule has 0 spiro atoms. The molecule has 1 aromatic carbocycles. The number of aryl methyl sites for hydroxylation is 2. The average molecular weight is 288 g/mol. The maximum absolute atomic E-state index is 15.2. The van der Waals surface area contributed by atoms with Gasteiger partial charge >= 0.3 is 0 Å². The van der Waals surface area contributed by atoms with Gasteiger partial charge in [-0.05, 0) is 25.0 Å². The number of carbonyl (C=O) groups excluding carboxylic acids is 1. The minimum atomic E-state index is -1.49. The van der Waals surface area contributed by atoms with Gasteiger partial charge in [0.15, 0.2) is 5.67 Å². The van der Waals surface area contributed by atoms with Gasteiger partial charge in [-0.15, -0.1) is 0 Å². The Morgan fingerprint density at radius 1 is 1.38 bits per heavy atom. The number of benzene rings is 1. The van der Waals surface area contributed by atoms with Gasteiger partial charge in [0, 0.05) is 19.0 Å². The number of alkyl halides is 1. The highest BCUT2D eigenvalue weighted by Gasteiger charge is 2.43. The summed E-state index contributed by atoms with van der Waals surface area (Å²) in [6, 6.07) is 8.97. The van der Waals surface area contributed by atoms with Gasteiger partial charge in [-0.1, -0.05) is 29.4 Å². The van der Waals surface area contributed by atoms with Gasteiger partial charge in [0.25, 0.3) is 5.91 Å². The van der Waals surface area contributed by atoms with Gasteiger partial charge in [-0.3, -0.25) is 4.79 Å². The SMILES string of the molecule is Cc1cc(C(=O)N2CC[C@@](F)(c3ccccc3C)C2)on1. The van der Waals surface area contributed by atoms with Crippen molar-refractivity contribution in [3.05, 3.63) is 52.9 Å². The van der Waals surface area contributed by atoms with Crippen LogP contribution in [0.25, 0.3) is 0 Å². The Kier molecular flexibility index (Phi) is 3.27. The van der Waals surface area contributed by atoms with Crippen LogP contribution in [0.2, 0.25) is 0 Å². The van der Waals surface area contributed by atoms with Crippen molar-refractivity contribution >= 4 is 5.91 Å². The summed E-state index contributed by atoms with van der Waals surface area (Å²) in [5.74, 6) is -0.134. The van der Waals surface area contributed by atoms with E-state index < -0.39 is 5.67 Å². The molecule has 0 saturated carbocycles. The summed E-state index contributed by atoms with van der Waals surface area (Å²) in [6.45, 7) is 4.07. The first-order chi connectivity index (χ1) is 9.99. The standard InChI is InChI=1S/C16H17FN2O2/c1-11-5-3-4-6-13(11)16(17)7-8-19(10-16)15(20)14-9-12(2)18-21-14/h3-6,9H,7-8,10H2,1-2H3/t16-/m0/s1. The van der Waals surface area contributed by atoms with E-state index >= 15 is 4.39 Å². The minimum absolute atomic E-state index is 0.0520. The lowest BCUT2D eigenvalue weighted by atomic mass is 9.91. The topological polar surface area (TPSA) is 46.3 Å². The molecule has 2 aromatic rings. The van der Waals surface area contributed by atoms with Crippen molar-refractivity contribution in [3.8, 4) is 0 Å². The van der Waals surface area contributed by atoms with Crippen LogP contribution >= 0.6 is 0 Å². The van der Waals surface area contributed by atoms with Crippen LogP contribution in [0.15, 0.2) is 34.9 Å². The normalized spacial score (nSPS) is 21.8. The first kappa shape index (κ1) is 13.8. The highest BCUT2D eigenvalue weighted by atomic mass is 19.1. The maximum Gasteiger partial charge on any atom is 0.292 e. The van der Waals surface area contributed by atoms with E-state index in [2.05, 4.69) is 5.16 Å². The zero-order chi connectivity index (χ0) is 15.0. The molecule has 0 radical (unpaired) electrons. The first-order valence-corrected chi connectivity index (χ1v) is 6.97. The minimum Gasteiger partial charge on any atom is -0.351 e. The summed E-state index contributed by atoms with van der Waals surface area (Å²) < 4.78 is 20.2. The van der Waals surface area contributed by atoms with E-state index in [0.717, 1.165) is 5.56 Å². The predicted molar refractivity (Wildman–Crippen MR) is 75.7 cm³/mol. The number of hydrogen-bond acceptors (Lipinski definition) is 3. The van der Waals surface area contributed by atoms with Crippen LogP contribution in [-0.4, -0.2) is 29.1 Å². The summed E-state index contributed by atoms with van der Waals surface area (Å²) in [5, 5.41) is 3.70. The Morgan fingerprint density at radius 3 is 2.81 bits per heavy atom. The largest absolute Gasteiger partial charge is 0.351 e. The molecule has 5 heteroatoms. The third-order valence-corrected chi connectivity index (χ3v) is 3.97. The molecule has 3 rings (SSSR count). The van der Waals surface area contributed by atoms with Crippen LogP contribution in [0, 0.1) is 13.8 Å². The highest BCUT2D eigenvalue weighted by Crippen LogP contribution is 2.38. The molecule has 4 nitrogen and oxygen atoms in total. The van der Waals surface area contributed by atoms with E-state index in [-0.39, 0.29) is 18.2 Å². The van der Waals surface area contributed by atoms with Crippen molar-refractivity contribution in [1.82, 2.24) is 10.1 Å². The molecule has 1 aromatic heterocycles. The number of hydrogen-bond donors (Lipinski definition) is 0. The van der Waals surface area contributed by atoms with E-state index in [4.69, 9.17) is 4.52 Å². The predicted octanol–water partition coefficient (Wildman–Crippen LogP) is 3.00. The number of carbonyl (C=O) groups is 1. The van der Waals surface area contributed by atoms with Gasteiger partial charge in [-0.25, -0.2) is 4.39 Å². The fraction of sp³-hybridized carbons (Fsp3) is 0.375. The molecule has 1 fully saturated rings. The monoisotopic (exact) mass is 288 g/mol. The summed E-state index contributed by atoms with van der Waals surface area (Å²) in [7, 11) is 0. The Morgan fingerprint density at radius 2 is 2.14 bits per heavy atom. The molecule has 1 amide bonds. The van der Waals surface area contributed by atoms with Crippen LogP contribution in [0.5, 0.6) is 0 Å². The van der Waals surface area contributed by atoms with Crippen LogP contribution in [0.3, 0.4) is 0 Å². The number of rotatable bonds is 2. The molecular weight excluding hydrogens is 271 g/mol. The second kappa shape index (κ2) is 4.98. The zero-order valence-corrected chi connectivity index (χ0v) is 12.1. The molecule has 1 aliphatic rings. The van der Waals surface area contributed by atoms with E-state index in [1.807, 2.05) is 25.1 Å². The molecule has 21 heavy (non-hydrogen) atoms. The third kappa shape index (κ3) is 2.44. The summed E-state index contributed by atoms with van der Waals surface area (Å²) >= 11 is 0. The number of amides is 1. The van der Waals surface area contributed by atoms with E-state index in [9.17, 15) is 4.79 Å². The number of halogens is 1. The lowest BCUT2D eigenvalue weighted by molar-refractivity contribution is 0.0709. The second-order valence-electron chi connectivity index (χ2n) is 5.59. The number of aromatic nitrogens is 1. The van der Waals surface area contributed by atoms with Crippen LogP contribution in [-0.2, 0) is 5.67 Å². The van der Waals surface area contributed by atoms with Gasteiger partial charge in [-0.2, -0.15) is 0 Å². The van der Waals surface area contributed by atoms with E-state index in [1.165, 1.54) is 4.90 Å². The molecule has 0 aliphatic carbocycles. The molecule has 1 atom stereocenters. The molecule has 0 unspecified atom stereocenters. The summed E-state index contributed by atoms with van der Waals surface area (Å²) in [5.41, 5.74) is 0.720. The molecule has 110 valence electrons. The van der Waals surface area contributed by atoms with Crippen molar-refractivity contribution in [1.29, 1.82) is 0 Å². The smallest absolute Gasteiger partial charge is 0.292 e. The molecule has 0 N–H and O–H groups in total. The average Bonchev–Trinajstić information content (AvgIpc) is 3.06. The van der Waals surface area contributed by atoms with Gasteiger partial charge in [0.2, 0.25) is 5.76 Å². The van der Waals surface area contributed by atoms with Crippen molar-refractivity contribution in [2.45, 2.75) is 25.9 Å². The Hall–Kier alpha value is -2.17. The number of nitrogens with zero attached hydrogens (tertiary/aromatic N) is 2. The lowest BCUT2D eigenvalue weighted by Crippen LogP contribution is -2.32. The van der Waals surface area contributed by atoms with Gasteiger partial charge in [0.05, 0.1) is 12.2 Å². The third-order valence-electron chi connectivity index (χ3n) is 3.97. The lowest BCUT2D eigenvalue weighted by Gasteiger charge is -2.22. The quantitative estimate of drug-likeness (QED) is 0.853. The Labute approximate surface area is 122 Å². The van der Waals surface area contributed by atoms with E-state index in [0.29, 0.717) is 24.2 Å². The fourth-order valence-electron chi connectivity index (χ4n) is 2.86. The molecule has 1 aliphatic heterocycles. The van der Waals surface area contributed by atoms with Gasteiger partial charge in [0.1, 0.15) is 0 Å². The first-order valence-electron chi connectivity index (χ1n) is 6.97. The molecular formula is C16H17FN2O2. The van der Waals surface area contributed by atoms with Crippen molar-refractivity contribution < 1.29 is 13.7 Å². The highest BCUT2D eigenvalue weighted by molar-refractivity contribution is 5.91. The van der Waals surface area contributed by atoms with E-state index in [1.54, 1.807) is 19.1 Å². The Balaban J connectivity index is 1.82. The Bertz CT molecular complexity index is 682. The van der Waals surface area contributed by atoms with Gasteiger partial charge < -0.3 is 9.42 Å². The van der Waals surface area contributed by atoms with Crippen LogP contribution < -0.4 is 0 Å². The van der Waals surface area contributed by atoms with Crippen LogP contribution in [0.4, 0.5) is 4.39 Å². The number of likely N-dealkylation sites (tertiary alicyclic amines) is 1. The fourth-order valence-corrected chi connectivity index (χ4v) is 2.86. The molecule has 1 saturated heterocycles. The maximum atomic E-state index is 15.2.